The Hall–Kier alpha value is -0.780. The highest BCUT2D eigenvalue weighted by molar-refractivity contribution is 5.21. The van der Waals surface area contributed by atoms with Gasteiger partial charge in [-0.3, -0.25) is 0 Å². The summed E-state index contributed by atoms with van der Waals surface area (Å²) in [4.78, 5) is 0. The van der Waals surface area contributed by atoms with Crippen LogP contribution in [0, 0.1) is 11.3 Å². The second-order valence-electron chi connectivity index (χ2n) is 6.08. The molecule has 16 heavy (non-hydrogen) atoms. The number of hydrogen-bond donors (Lipinski definition) is 0. The first-order chi connectivity index (χ1) is 7.45. The van der Waals surface area contributed by atoms with Crippen LogP contribution >= 0.6 is 0 Å². The fourth-order valence-corrected chi connectivity index (χ4v) is 2.24. The van der Waals surface area contributed by atoms with Crippen LogP contribution in [0.4, 0.5) is 0 Å². The normalized spacial score (nSPS) is 15.8. The molecule has 0 N–H and O–H groups in total. The molecule has 0 aliphatic carbocycles. The first-order valence-corrected chi connectivity index (χ1v) is 6.50. The fourth-order valence-electron chi connectivity index (χ4n) is 2.24. The van der Waals surface area contributed by atoms with E-state index >= 15 is 0 Å². The first-order valence-electron chi connectivity index (χ1n) is 6.50. The Morgan fingerprint density at radius 1 is 1.06 bits per heavy atom. The molecule has 0 aliphatic rings. The van der Waals surface area contributed by atoms with E-state index in [2.05, 4.69) is 65.0 Å². The van der Waals surface area contributed by atoms with Crippen molar-refractivity contribution < 1.29 is 0 Å². The molecule has 0 heteroatoms. The quantitative estimate of drug-likeness (QED) is 0.647. The van der Waals surface area contributed by atoms with Gasteiger partial charge in [-0.25, -0.2) is 0 Å². The van der Waals surface area contributed by atoms with Crippen LogP contribution in [0.1, 0.15) is 58.9 Å². The molecule has 0 saturated carbocycles. The molecule has 0 nitrogen and oxygen atoms in total. The summed E-state index contributed by atoms with van der Waals surface area (Å²) >= 11 is 0. The molecule has 90 valence electrons. The number of benzene rings is 1. The Bertz CT molecular complexity index is 292. The van der Waals surface area contributed by atoms with Crippen molar-refractivity contribution in [2.75, 3.05) is 0 Å². The van der Waals surface area contributed by atoms with Gasteiger partial charge in [-0.15, -0.1) is 0 Å². The Morgan fingerprint density at radius 3 is 2.06 bits per heavy atom. The molecule has 0 fully saturated rings. The van der Waals surface area contributed by atoms with E-state index in [-0.39, 0.29) is 0 Å². The van der Waals surface area contributed by atoms with Gasteiger partial charge in [0.2, 0.25) is 0 Å². The van der Waals surface area contributed by atoms with Crippen LogP contribution in [-0.2, 0) is 0 Å². The minimum absolute atomic E-state index is 0.352. The second-order valence-corrected chi connectivity index (χ2v) is 6.08. The molecular weight excluding hydrogens is 192 g/mol. The van der Waals surface area contributed by atoms with Gasteiger partial charge in [0.25, 0.3) is 0 Å². The lowest BCUT2D eigenvalue weighted by molar-refractivity contribution is 0.271. The molecule has 0 radical (unpaired) electrons. The molecular formula is C16H26. The minimum atomic E-state index is 0.352. The third-order valence-corrected chi connectivity index (χ3v) is 3.58. The Kier molecular flexibility index (Phi) is 4.58. The van der Waals surface area contributed by atoms with E-state index < -0.39 is 0 Å². The Balaban J connectivity index is 2.89. The van der Waals surface area contributed by atoms with Gasteiger partial charge in [0.05, 0.1) is 0 Å². The monoisotopic (exact) mass is 218 g/mol. The van der Waals surface area contributed by atoms with E-state index in [0.717, 1.165) is 5.92 Å². The third-order valence-electron chi connectivity index (χ3n) is 3.58. The molecule has 0 amide bonds. The Labute approximate surface area is 101 Å². The molecule has 0 saturated heterocycles. The molecule has 0 spiro atoms. The van der Waals surface area contributed by atoms with Gasteiger partial charge in [-0.1, -0.05) is 71.4 Å². The van der Waals surface area contributed by atoms with Crippen LogP contribution in [0.2, 0.25) is 0 Å². The van der Waals surface area contributed by atoms with Crippen molar-refractivity contribution in [1.29, 1.82) is 0 Å². The lowest BCUT2D eigenvalue weighted by atomic mass is 9.72. The summed E-state index contributed by atoms with van der Waals surface area (Å²) in [7, 11) is 0. The SMILES string of the molecule is CCC(C)CC(c1ccccc1)C(C)(C)C. The zero-order valence-electron chi connectivity index (χ0n) is 11.5. The van der Waals surface area contributed by atoms with Gasteiger partial charge < -0.3 is 0 Å². The standard InChI is InChI=1S/C16H26/c1-6-13(2)12-15(16(3,4)5)14-10-8-7-9-11-14/h7-11,13,15H,6,12H2,1-5H3. The lowest BCUT2D eigenvalue weighted by Crippen LogP contribution is -2.20. The predicted octanol–water partition coefficient (Wildman–Crippen LogP) is 5.25. The van der Waals surface area contributed by atoms with Crippen molar-refractivity contribution in [2.45, 2.75) is 53.4 Å². The van der Waals surface area contributed by atoms with Crippen LogP contribution in [0.25, 0.3) is 0 Å². The maximum absolute atomic E-state index is 2.36. The van der Waals surface area contributed by atoms with Crippen LogP contribution in [0.3, 0.4) is 0 Å². The van der Waals surface area contributed by atoms with Crippen molar-refractivity contribution in [3.63, 3.8) is 0 Å². The lowest BCUT2D eigenvalue weighted by Gasteiger charge is -2.33. The van der Waals surface area contributed by atoms with Crippen molar-refractivity contribution in [3.05, 3.63) is 35.9 Å². The van der Waals surface area contributed by atoms with Crippen molar-refractivity contribution in [3.8, 4) is 0 Å². The average molecular weight is 218 g/mol. The third kappa shape index (κ3) is 3.66. The highest BCUT2D eigenvalue weighted by atomic mass is 14.3. The minimum Gasteiger partial charge on any atom is -0.0651 e. The summed E-state index contributed by atoms with van der Waals surface area (Å²) in [6.45, 7) is 11.7. The molecule has 0 bridgehead atoms. The molecule has 0 aromatic heterocycles. The smallest absolute Gasteiger partial charge is 0.0111 e. The number of hydrogen-bond acceptors (Lipinski definition) is 0. The highest BCUT2D eigenvalue weighted by Gasteiger charge is 2.27. The van der Waals surface area contributed by atoms with E-state index in [1.165, 1.54) is 18.4 Å². The molecule has 1 aromatic carbocycles. The van der Waals surface area contributed by atoms with Crippen molar-refractivity contribution in [1.82, 2.24) is 0 Å². The van der Waals surface area contributed by atoms with E-state index in [9.17, 15) is 0 Å². The second kappa shape index (κ2) is 5.52. The summed E-state index contributed by atoms with van der Waals surface area (Å²) in [6, 6.07) is 11.0. The molecule has 2 unspecified atom stereocenters. The van der Waals surface area contributed by atoms with Gasteiger partial charge in [-0.05, 0) is 29.2 Å². The molecule has 1 rings (SSSR count). The maximum atomic E-state index is 2.36. The van der Waals surface area contributed by atoms with Crippen LogP contribution in [-0.4, -0.2) is 0 Å². The van der Waals surface area contributed by atoms with E-state index in [0.29, 0.717) is 11.3 Å². The molecule has 2 atom stereocenters. The maximum Gasteiger partial charge on any atom is -0.0111 e. The van der Waals surface area contributed by atoms with E-state index in [4.69, 9.17) is 0 Å². The summed E-state index contributed by atoms with van der Waals surface area (Å²) in [5.41, 5.74) is 1.85. The van der Waals surface area contributed by atoms with Crippen LogP contribution in [0.15, 0.2) is 30.3 Å². The van der Waals surface area contributed by atoms with E-state index in [1.54, 1.807) is 0 Å². The van der Waals surface area contributed by atoms with Gasteiger partial charge in [0, 0.05) is 0 Å². The topological polar surface area (TPSA) is 0 Å². The van der Waals surface area contributed by atoms with E-state index in [1.807, 2.05) is 0 Å². The average Bonchev–Trinajstić information content (AvgIpc) is 2.25. The molecule has 0 heterocycles. The zero-order valence-corrected chi connectivity index (χ0v) is 11.5. The Morgan fingerprint density at radius 2 is 1.62 bits per heavy atom. The first kappa shape index (κ1) is 13.3. The van der Waals surface area contributed by atoms with Crippen molar-refractivity contribution in [2.24, 2.45) is 11.3 Å². The van der Waals surface area contributed by atoms with Crippen LogP contribution in [0.5, 0.6) is 0 Å². The van der Waals surface area contributed by atoms with Gasteiger partial charge in [0.15, 0.2) is 0 Å². The molecule has 1 aromatic rings. The van der Waals surface area contributed by atoms with Crippen molar-refractivity contribution >= 4 is 0 Å². The van der Waals surface area contributed by atoms with Gasteiger partial charge in [0.1, 0.15) is 0 Å². The van der Waals surface area contributed by atoms with Gasteiger partial charge >= 0.3 is 0 Å². The van der Waals surface area contributed by atoms with Gasteiger partial charge in [-0.2, -0.15) is 0 Å². The van der Waals surface area contributed by atoms with Crippen LogP contribution < -0.4 is 0 Å². The summed E-state index contributed by atoms with van der Waals surface area (Å²) in [6.07, 6.45) is 2.57. The fraction of sp³-hybridized carbons (Fsp3) is 0.625. The predicted molar refractivity (Wildman–Crippen MR) is 72.7 cm³/mol. The highest BCUT2D eigenvalue weighted by Crippen LogP contribution is 2.40. The summed E-state index contributed by atoms with van der Waals surface area (Å²) in [5.74, 6) is 1.48. The zero-order chi connectivity index (χ0) is 12.2. The summed E-state index contributed by atoms with van der Waals surface area (Å²) < 4.78 is 0. The number of rotatable bonds is 4. The largest absolute Gasteiger partial charge is 0.0651 e. The molecule has 0 aliphatic heterocycles. The summed E-state index contributed by atoms with van der Waals surface area (Å²) in [5, 5.41) is 0.